The van der Waals surface area contributed by atoms with Gasteiger partial charge in [0, 0.05) is 30.3 Å². The third-order valence-electron chi connectivity index (χ3n) is 12.4. The molecular formula is C53H78N14O9. The van der Waals surface area contributed by atoms with Crippen LogP contribution in [0.3, 0.4) is 0 Å². The lowest BCUT2D eigenvalue weighted by atomic mass is 10.00. The van der Waals surface area contributed by atoms with Crippen LogP contribution in [0.15, 0.2) is 79.0 Å². The zero-order valence-electron chi connectivity index (χ0n) is 43.9. The van der Waals surface area contributed by atoms with E-state index in [2.05, 4.69) is 52.8 Å². The number of benzene rings is 2. The lowest BCUT2D eigenvalue weighted by molar-refractivity contribution is -0.136. The molecule has 414 valence electrons. The van der Waals surface area contributed by atoms with Gasteiger partial charge in [-0.2, -0.15) is 0 Å². The molecule has 0 aliphatic carbocycles. The van der Waals surface area contributed by atoms with E-state index in [0.717, 1.165) is 5.56 Å². The van der Waals surface area contributed by atoms with Crippen LogP contribution >= 0.6 is 0 Å². The number of amides is 9. The van der Waals surface area contributed by atoms with Crippen molar-refractivity contribution in [2.75, 3.05) is 32.7 Å². The van der Waals surface area contributed by atoms with Crippen molar-refractivity contribution in [1.29, 1.82) is 0 Å². The van der Waals surface area contributed by atoms with E-state index in [-0.39, 0.29) is 101 Å². The minimum atomic E-state index is -1.48. The van der Waals surface area contributed by atoms with E-state index in [0.29, 0.717) is 11.3 Å². The zero-order chi connectivity index (χ0) is 55.7. The second-order valence-electron chi connectivity index (χ2n) is 19.6. The fraction of sp³-hybridized carbons (Fsp3) is 0.509. The van der Waals surface area contributed by atoms with Gasteiger partial charge in [0.2, 0.25) is 47.3 Å². The quantitative estimate of drug-likeness (QED) is 0.0650. The van der Waals surface area contributed by atoms with Gasteiger partial charge in [-0.05, 0) is 101 Å². The van der Waals surface area contributed by atoms with Crippen LogP contribution in [0.5, 0.6) is 0 Å². The van der Waals surface area contributed by atoms with E-state index in [1.54, 1.807) is 36.4 Å². The molecule has 4 rings (SSSR count). The molecule has 1 fully saturated rings. The van der Waals surface area contributed by atoms with Crippen LogP contribution in [0, 0.1) is 11.8 Å². The Balaban J connectivity index is 1.75. The number of aromatic nitrogens is 1. The maximum absolute atomic E-state index is 14.5. The van der Waals surface area contributed by atoms with Gasteiger partial charge >= 0.3 is 0 Å². The summed E-state index contributed by atoms with van der Waals surface area (Å²) < 4.78 is 0. The summed E-state index contributed by atoms with van der Waals surface area (Å²) in [7, 11) is 0. The minimum absolute atomic E-state index is 0.0480. The van der Waals surface area contributed by atoms with Gasteiger partial charge in [-0.15, -0.1) is 0 Å². The number of pyridine rings is 1. The number of hydrogen-bond acceptors (Lipinski definition) is 14. The first-order valence-electron chi connectivity index (χ1n) is 25.9. The molecule has 0 radical (unpaired) electrons. The van der Waals surface area contributed by atoms with Crippen LogP contribution in [0.1, 0.15) is 88.6 Å². The van der Waals surface area contributed by atoms with Gasteiger partial charge in [0.1, 0.15) is 48.3 Å². The maximum atomic E-state index is 14.5. The van der Waals surface area contributed by atoms with Gasteiger partial charge < -0.3 is 70.8 Å². The average Bonchev–Trinajstić information content (AvgIpc) is 3.39. The summed E-state index contributed by atoms with van der Waals surface area (Å²) in [6, 6.07) is 10.6. The summed E-state index contributed by atoms with van der Waals surface area (Å²) in [5, 5.41) is 24.3. The van der Waals surface area contributed by atoms with E-state index in [1.807, 2.05) is 58.0 Å². The van der Waals surface area contributed by atoms with Crippen molar-refractivity contribution < 1.29 is 43.2 Å². The number of hydrogen-bond donors (Lipinski definition) is 13. The summed E-state index contributed by atoms with van der Waals surface area (Å²) in [5.74, 6) is -7.11. The Kier molecular flexibility index (Phi) is 25.4. The van der Waals surface area contributed by atoms with Crippen LogP contribution in [0.25, 0.3) is 11.3 Å². The molecule has 9 amide bonds. The first kappa shape index (κ1) is 61.2. The SMILES string of the molecule is CC(C)C[C@@H]1NC(=O)[C@H](CCN)NC(=O)[C@H](CCN)NC(=O)[C@H](CC(C)C)NC(=O)[C@@H](Cc2ccccc2)NC(=O)[C@H](CCN)NC(=O)[C@@H](NC(=O)[C@@H](CCN)NC(=O)c2ccnc(-c3ccccc3)c2)CCNC1=O. The Bertz CT molecular complexity index is 2410. The Labute approximate surface area is 444 Å². The van der Waals surface area contributed by atoms with Gasteiger partial charge in [-0.25, -0.2) is 0 Å². The predicted octanol–water partition coefficient (Wildman–Crippen LogP) is -1.51. The number of carbonyl (C=O) groups excluding carboxylic acids is 9. The Morgan fingerprint density at radius 2 is 1.04 bits per heavy atom. The Hall–Kier alpha value is -7.34. The topological polar surface area (TPSA) is 379 Å². The molecule has 0 saturated carbocycles. The highest BCUT2D eigenvalue weighted by Gasteiger charge is 2.35. The van der Waals surface area contributed by atoms with Gasteiger partial charge in [0.15, 0.2) is 0 Å². The molecule has 8 atom stereocenters. The number of nitrogens with zero attached hydrogens (tertiary/aromatic N) is 1. The first-order valence-corrected chi connectivity index (χ1v) is 25.9. The highest BCUT2D eigenvalue weighted by molar-refractivity contribution is 6.00. The third kappa shape index (κ3) is 19.7. The zero-order valence-corrected chi connectivity index (χ0v) is 43.9. The standard InChI is InChI=1S/C53H78N14O9/c1-31(2)27-42-46(69)59-26-20-40(64-47(70)36(15-21-54)60-45(68)35-19-25-58-41(30-35)34-13-9-6-10-14-34)51(74)62-39(18-24-57)50(73)67-44(29-33-11-7-5-8-12-33)53(76)66-43(28-32(3)4)52(75)63-37(16-22-55)48(71)61-38(17-23-56)49(72)65-42/h5-14,19,25,30-32,36-40,42-44H,15-18,20-24,26-29,54-57H2,1-4H3,(H,59,69)(H,60,68)(H,61,71)(H,62,74)(H,63,75)(H,64,70)(H,65,72)(H,66,76)(H,67,73)/t36-,37+,38+,39+,40+,42+,43+,44-/m1/s1. The molecule has 2 aromatic carbocycles. The van der Waals surface area contributed by atoms with Gasteiger partial charge in [0.05, 0.1) is 5.69 Å². The van der Waals surface area contributed by atoms with Crippen LogP contribution in [-0.4, -0.2) is 139 Å². The largest absolute Gasteiger partial charge is 0.354 e. The van der Waals surface area contributed by atoms with Crippen LogP contribution < -0.4 is 70.8 Å². The number of rotatable bonds is 19. The molecule has 2 heterocycles. The number of nitrogens with one attached hydrogen (secondary N) is 9. The Morgan fingerprint density at radius 1 is 0.579 bits per heavy atom. The normalized spacial score (nSPS) is 22.2. The van der Waals surface area contributed by atoms with Crippen molar-refractivity contribution in [3.05, 3.63) is 90.1 Å². The molecule has 23 heteroatoms. The van der Waals surface area contributed by atoms with E-state index in [4.69, 9.17) is 22.9 Å². The second-order valence-corrected chi connectivity index (χ2v) is 19.6. The smallest absolute Gasteiger partial charge is 0.252 e. The minimum Gasteiger partial charge on any atom is -0.354 e. The molecule has 17 N–H and O–H groups in total. The molecule has 0 unspecified atom stereocenters. The van der Waals surface area contributed by atoms with Crippen molar-refractivity contribution in [1.82, 2.24) is 52.8 Å². The fourth-order valence-corrected chi connectivity index (χ4v) is 8.42. The van der Waals surface area contributed by atoms with Crippen molar-refractivity contribution in [2.24, 2.45) is 34.8 Å². The molecular weight excluding hydrogens is 977 g/mol. The fourth-order valence-electron chi connectivity index (χ4n) is 8.42. The summed E-state index contributed by atoms with van der Waals surface area (Å²) in [6.07, 6.45) is 1.07. The molecule has 0 bridgehead atoms. The third-order valence-corrected chi connectivity index (χ3v) is 12.4. The van der Waals surface area contributed by atoms with Gasteiger partial charge in [-0.1, -0.05) is 88.4 Å². The first-order chi connectivity index (χ1) is 36.4. The number of carbonyl (C=O) groups is 9. The lowest BCUT2D eigenvalue weighted by Crippen LogP contribution is -2.61. The molecule has 23 nitrogen and oxygen atoms in total. The van der Waals surface area contributed by atoms with Crippen molar-refractivity contribution in [3.8, 4) is 11.3 Å². The molecule has 0 spiro atoms. The van der Waals surface area contributed by atoms with Crippen molar-refractivity contribution in [2.45, 2.75) is 127 Å². The van der Waals surface area contributed by atoms with Gasteiger partial charge in [-0.3, -0.25) is 48.1 Å². The number of nitrogens with two attached hydrogens (primary N) is 4. The molecule has 1 aliphatic rings. The van der Waals surface area contributed by atoms with Crippen LogP contribution in [0.2, 0.25) is 0 Å². The van der Waals surface area contributed by atoms with E-state index in [9.17, 15) is 43.2 Å². The van der Waals surface area contributed by atoms with E-state index >= 15 is 0 Å². The monoisotopic (exact) mass is 1050 g/mol. The average molecular weight is 1060 g/mol. The molecule has 1 aromatic heterocycles. The highest BCUT2D eigenvalue weighted by atomic mass is 16.2. The predicted molar refractivity (Wildman–Crippen MR) is 286 cm³/mol. The summed E-state index contributed by atoms with van der Waals surface area (Å²) in [5.41, 5.74) is 25.8. The summed E-state index contributed by atoms with van der Waals surface area (Å²) >= 11 is 0. The molecule has 3 aromatic rings. The highest BCUT2D eigenvalue weighted by Crippen LogP contribution is 2.18. The summed E-state index contributed by atoms with van der Waals surface area (Å²) in [6.45, 7) is 6.79. The molecule has 1 aliphatic heterocycles. The van der Waals surface area contributed by atoms with Crippen molar-refractivity contribution in [3.63, 3.8) is 0 Å². The summed E-state index contributed by atoms with van der Waals surface area (Å²) in [4.78, 5) is 132. The van der Waals surface area contributed by atoms with Gasteiger partial charge in [0.25, 0.3) is 5.91 Å². The van der Waals surface area contributed by atoms with E-state index in [1.165, 1.54) is 12.3 Å². The Morgan fingerprint density at radius 3 is 1.55 bits per heavy atom. The van der Waals surface area contributed by atoms with E-state index < -0.39 is 101 Å². The molecule has 76 heavy (non-hydrogen) atoms. The molecule has 1 saturated heterocycles. The van der Waals surface area contributed by atoms with Crippen LogP contribution in [-0.2, 0) is 44.8 Å². The maximum Gasteiger partial charge on any atom is 0.252 e. The second kappa shape index (κ2) is 31.5. The van der Waals surface area contributed by atoms with Crippen molar-refractivity contribution >= 4 is 53.2 Å². The lowest BCUT2D eigenvalue weighted by Gasteiger charge is -2.28. The van der Waals surface area contributed by atoms with Crippen LogP contribution in [0.4, 0.5) is 0 Å².